The van der Waals surface area contributed by atoms with Crippen molar-refractivity contribution in [1.82, 2.24) is 5.32 Å². The molecule has 0 bridgehead atoms. The first-order valence-electron chi connectivity index (χ1n) is 6.90. The zero-order chi connectivity index (χ0) is 13.7. The van der Waals surface area contributed by atoms with Crippen molar-refractivity contribution in [3.8, 4) is 5.75 Å². The average molecular weight is 328 g/mol. The van der Waals surface area contributed by atoms with E-state index >= 15 is 0 Å². The molecular weight excluding hydrogens is 306 g/mol. The molecule has 1 N–H and O–H groups in total. The standard InChI is InChI=1S/C15H22BrNO2/c1-3-17-15(11-6-8-19-9-7-11)13-10-12(18-2)4-5-14(13)16/h4-5,10-11,15,17H,3,6-9H2,1-2H3. The second-order valence-corrected chi connectivity index (χ2v) is 5.73. The third-order valence-electron chi connectivity index (χ3n) is 3.70. The quantitative estimate of drug-likeness (QED) is 0.897. The Hall–Kier alpha value is -0.580. The number of hydrogen-bond donors (Lipinski definition) is 1. The normalized spacial score (nSPS) is 18.3. The zero-order valence-electron chi connectivity index (χ0n) is 11.6. The third-order valence-corrected chi connectivity index (χ3v) is 4.42. The Bertz CT molecular complexity index is 405. The van der Waals surface area contributed by atoms with Crippen molar-refractivity contribution in [2.75, 3.05) is 26.9 Å². The van der Waals surface area contributed by atoms with Crippen LogP contribution in [0.15, 0.2) is 22.7 Å². The number of methoxy groups -OCH3 is 1. The highest BCUT2D eigenvalue weighted by atomic mass is 79.9. The Labute approximate surface area is 123 Å². The van der Waals surface area contributed by atoms with Crippen LogP contribution in [0.5, 0.6) is 5.75 Å². The van der Waals surface area contributed by atoms with Crippen molar-refractivity contribution in [2.45, 2.75) is 25.8 Å². The van der Waals surface area contributed by atoms with E-state index < -0.39 is 0 Å². The van der Waals surface area contributed by atoms with E-state index in [0.29, 0.717) is 12.0 Å². The van der Waals surface area contributed by atoms with Gasteiger partial charge in [-0.1, -0.05) is 22.9 Å². The molecule has 0 aromatic heterocycles. The maximum atomic E-state index is 5.47. The fourth-order valence-electron chi connectivity index (χ4n) is 2.69. The number of benzene rings is 1. The maximum Gasteiger partial charge on any atom is 0.119 e. The van der Waals surface area contributed by atoms with E-state index in [4.69, 9.17) is 9.47 Å². The van der Waals surface area contributed by atoms with E-state index in [2.05, 4.69) is 40.3 Å². The summed E-state index contributed by atoms with van der Waals surface area (Å²) in [6.45, 7) is 4.86. The van der Waals surface area contributed by atoms with E-state index in [1.165, 1.54) is 5.56 Å². The molecule has 1 fully saturated rings. The van der Waals surface area contributed by atoms with Crippen LogP contribution in [0.4, 0.5) is 0 Å². The molecule has 1 unspecified atom stereocenters. The molecule has 1 aliphatic heterocycles. The van der Waals surface area contributed by atoms with Gasteiger partial charge in [-0.25, -0.2) is 0 Å². The predicted molar refractivity (Wildman–Crippen MR) is 80.7 cm³/mol. The molecule has 2 rings (SSSR count). The first-order chi connectivity index (χ1) is 9.26. The van der Waals surface area contributed by atoms with Gasteiger partial charge in [-0.3, -0.25) is 0 Å². The molecule has 1 aromatic rings. The molecule has 1 heterocycles. The highest BCUT2D eigenvalue weighted by molar-refractivity contribution is 9.10. The van der Waals surface area contributed by atoms with E-state index in [0.717, 1.165) is 42.8 Å². The Morgan fingerprint density at radius 2 is 2.16 bits per heavy atom. The SMILES string of the molecule is CCNC(c1cc(OC)ccc1Br)C1CCOCC1. The van der Waals surface area contributed by atoms with Crippen molar-refractivity contribution in [2.24, 2.45) is 5.92 Å². The predicted octanol–water partition coefficient (Wildman–Crippen LogP) is 3.53. The van der Waals surface area contributed by atoms with Gasteiger partial charge in [0, 0.05) is 23.7 Å². The minimum Gasteiger partial charge on any atom is -0.497 e. The number of halogens is 1. The highest BCUT2D eigenvalue weighted by Gasteiger charge is 2.26. The van der Waals surface area contributed by atoms with Crippen molar-refractivity contribution in [3.05, 3.63) is 28.2 Å². The van der Waals surface area contributed by atoms with Crippen LogP contribution in [0.2, 0.25) is 0 Å². The van der Waals surface area contributed by atoms with Gasteiger partial charge in [0.05, 0.1) is 7.11 Å². The van der Waals surface area contributed by atoms with Gasteiger partial charge >= 0.3 is 0 Å². The van der Waals surface area contributed by atoms with Gasteiger partial charge in [0.15, 0.2) is 0 Å². The van der Waals surface area contributed by atoms with Crippen LogP contribution in [0, 0.1) is 5.92 Å². The van der Waals surface area contributed by atoms with Crippen molar-refractivity contribution < 1.29 is 9.47 Å². The summed E-state index contributed by atoms with van der Waals surface area (Å²) in [6, 6.07) is 6.55. The lowest BCUT2D eigenvalue weighted by atomic mass is 9.87. The molecular formula is C15H22BrNO2. The van der Waals surface area contributed by atoms with Crippen molar-refractivity contribution in [1.29, 1.82) is 0 Å². The number of rotatable bonds is 5. The van der Waals surface area contributed by atoms with Crippen LogP contribution < -0.4 is 10.1 Å². The smallest absolute Gasteiger partial charge is 0.119 e. The maximum absolute atomic E-state index is 5.47. The van der Waals surface area contributed by atoms with Crippen molar-refractivity contribution in [3.63, 3.8) is 0 Å². The Kier molecular flexibility index (Phi) is 5.67. The molecule has 0 saturated carbocycles. The van der Waals surface area contributed by atoms with Crippen molar-refractivity contribution >= 4 is 15.9 Å². The first-order valence-corrected chi connectivity index (χ1v) is 7.70. The van der Waals surface area contributed by atoms with Gasteiger partial charge in [0.25, 0.3) is 0 Å². The fraction of sp³-hybridized carbons (Fsp3) is 0.600. The third kappa shape index (κ3) is 3.71. The zero-order valence-corrected chi connectivity index (χ0v) is 13.2. The van der Waals surface area contributed by atoms with E-state index in [1.807, 2.05) is 6.07 Å². The second kappa shape index (κ2) is 7.27. The van der Waals surface area contributed by atoms with Gasteiger partial charge in [0.1, 0.15) is 5.75 Å². The Morgan fingerprint density at radius 3 is 2.79 bits per heavy atom. The summed E-state index contributed by atoms with van der Waals surface area (Å²) in [5.41, 5.74) is 1.29. The molecule has 0 spiro atoms. The minimum absolute atomic E-state index is 0.360. The summed E-state index contributed by atoms with van der Waals surface area (Å²) in [5.74, 6) is 1.53. The summed E-state index contributed by atoms with van der Waals surface area (Å²) in [5, 5.41) is 3.62. The number of nitrogens with one attached hydrogen (secondary N) is 1. The van der Waals surface area contributed by atoms with Crippen LogP contribution >= 0.6 is 15.9 Å². The van der Waals surface area contributed by atoms with Gasteiger partial charge in [0.2, 0.25) is 0 Å². The monoisotopic (exact) mass is 327 g/mol. The number of hydrogen-bond acceptors (Lipinski definition) is 3. The summed E-state index contributed by atoms with van der Waals surface area (Å²) in [6.07, 6.45) is 2.22. The molecule has 1 aromatic carbocycles. The second-order valence-electron chi connectivity index (χ2n) is 4.87. The summed E-state index contributed by atoms with van der Waals surface area (Å²) >= 11 is 3.67. The highest BCUT2D eigenvalue weighted by Crippen LogP contribution is 2.35. The van der Waals surface area contributed by atoms with Crippen LogP contribution in [0.25, 0.3) is 0 Å². The molecule has 1 saturated heterocycles. The molecule has 4 heteroatoms. The molecule has 3 nitrogen and oxygen atoms in total. The van der Waals surface area contributed by atoms with Crippen LogP contribution in [-0.2, 0) is 4.74 Å². The van der Waals surface area contributed by atoms with Gasteiger partial charge in [-0.05, 0) is 49.1 Å². The molecule has 19 heavy (non-hydrogen) atoms. The molecule has 0 radical (unpaired) electrons. The lowest BCUT2D eigenvalue weighted by molar-refractivity contribution is 0.0537. The Balaban J connectivity index is 2.26. The van der Waals surface area contributed by atoms with Crippen LogP contribution in [0.3, 0.4) is 0 Å². The van der Waals surface area contributed by atoms with E-state index in [9.17, 15) is 0 Å². The topological polar surface area (TPSA) is 30.5 Å². The van der Waals surface area contributed by atoms with Crippen LogP contribution in [-0.4, -0.2) is 26.9 Å². The Morgan fingerprint density at radius 1 is 1.42 bits per heavy atom. The first kappa shape index (κ1) is 14.8. The molecule has 0 aliphatic carbocycles. The summed E-state index contributed by atoms with van der Waals surface area (Å²) in [7, 11) is 1.71. The lowest BCUT2D eigenvalue weighted by Gasteiger charge is -2.32. The van der Waals surface area contributed by atoms with E-state index in [1.54, 1.807) is 7.11 Å². The van der Waals surface area contributed by atoms with Gasteiger partial charge in [-0.15, -0.1) is 0 Å². The van der Waals surface area contributed by atoms with Gasteiger partial charge in [-0.2, -0.15) is 0 Å². The largest absolute Gasteiger partial charge is 0.497 e. The fourth-order valence-corrected chi connectivity index (χ4v) is 3.18. The average Bonchev–Trinajstić information content (AvgIpc) is 2.47. The molecule has 1 aliphatic rings. The molecule has 0 amide bonds. The molecule has 106 valence electrons. The van der Waals surface area contributed by atoms with E-state index in [-0.39, 0.29) is 0 Å². The summed E-state index contributed by atoms with van der Waals surface area (Å²) < 4.78 is 12.0. The minimum atomic E-state index is 0.360. The van der Waals surface area contributed by atoms with Crippen LogP contribution in [0.1, 0.15) is 31.4 Å². The number of ether oxygens (including phenoxy) is 2. The lowest BCUT2D eigenvalue weighted by Crippen LogP contribution is -2.32. The molecule has 1 atom stereocenters. The summed E-state index contributed by atoms with van der Waals surface area (Å²) in [4.78, 5) is 0. The van der Waals surface area contributed by atoms with Gasteiger partial charge < -0.3 is 14.8 Å².